The zero-order valence-electron chi connectivity index (χ0n) is 15.4. The number of benzene rings is 2. The summed E-state index contributed by atoms with van der Waals surface area (Å²) in [6.07, 6.45) is 2.79. The minimum Gasteiger partial charge on any atom is -0.490 e. The normalized spacial score (nSPS) is 10.3. The molecule has 0 saturated heterocycles. The molecule has 0 radical (unpaired) electrons. The van der Waals surface area contributed by atoms with Gasteiger partial charge in [0.2, 0.25) is 0 Å². The van der Waals surface area contributed by atoms with Gasteiger partial charge in [-0.2, -0.15) is 5.26 Å². The third kappa shape index (κ3) is 7.00. The summed E-state index contributed by atoms with van der Waals surface area (Å²) < 4.78 is 34.3. The molecular formula is C21H20FNO5. The molecule has 2 rings (SSSR count). The van der Waals surface area contributed by atoms with Crippen LogP contribution in [0.3, 0.4) is 0 Å². The molecule has 2 aromatic rings. The van der Waals surface area contributed by atoms with Crippen molar-refractivity contribution in [3.05, 3.63) is 59.9 Å². The Hall–Kier alpha value is -3.53. The fourth-order valence-electron chi connectivity index (χ4n) is 2.17. The molecule has 0 saturated carbocycles. The highest BCUT2D eigenvalue weighted by Gasteiger charge is 2.06. The monoisotopic (exact) mass is 385 g/mol. The van der Waals surface area contributed by atoms with Crippen molar-refractivity contribution >= 4 is 12.0 Å². The minimum absolute atomic E-state index is 0.271. The summed E-state index contributed by atoms with van der Waals surface area (Å²) in [4.78, 5) is 11.4. The maximum atomic E-state index is 12.9. The molecule has 0 atom stereocenters. The lowest BCUT2D eigenvalue weighted by Crippen LogP contribution is -2.10. The van der Waals surface area contributed by atoms with Crippen molar-refractivity contribution < 1.29 is 28.1 Å². The van der Waals surface area contributed by atoms with Crippen LogP contribution in [0.25, 0.3) is 6.08 Å². The molecule has 0 N–H and O–H groups in total. The standard InChI is InChI=1S/C21H20FNO5/c1-2-25-20-15-16(4-10-21(24)28-12-11-23)3-9-19(20)27-14-13-26-18-7-5-17(22)6-8-18/h3-10,15H,2,12-14H2,1H3. The number of carbonyl (C=O) groups excluding carboxylic acids is 1. The first-order chi connectivity index (χ1) is 13.6. The van der Waals surface area contributed by atoms with Crippen LogP contribution in [-0.2, 0) is 9.53 Å². The molecule has 7 heteroatoms. The topological polar surface area (TPSA) is 77.8 Å². The molecule has 146 valence electrons. The van der Waals surface area contributed by atoms with Crippen LogP contribution in [0.2, 0.25) is 0 Å². The summed E-state index contributed by atoms with van der Waals surface area (Å²) in [5, 5.41) is 8.39. The number of esters is 1. The quantitative estimate of drug-likeness (QED) is 0.352. The van der Waals surface area contributed by atoms with Gasteiger partial charge in [-0.25, -0.2) is 9.18 Å². The molecule has 0 heterocycles. The predicted molar refractivity (Wildman–Crippen MR) is 101 cm³/mol. The van der Waals surface area contributed by atoms with Gasteiger partial charge >= 0.3 is 5.97 Å². The maximum Gasteiger partial charge on any atom is 0.331 e. The Morgan fingerprint density at radius 1 is 1.07 bits per heavy atom. The molecule has 0 bridgehead atoms. The number of ether oxygens (including phenoxy) is 4. The van der Waals surface area contributed by atoms with Crippen molar-refractivity contribution in [1.82, 2.24) is 0 Å². The van der Waals surface area contributed by atoms with Gasteiger partial charge in [0.05, 0.1) is 6.61 Å². The Kier molecular flexibility index (Phi) is 8.34. The number of hydrogen-bond acceptors (Lipinski definition) is 6. The number of carbonyl (C=O) groups is 1. The molecule has 0 unspecified atom stereocenters. The lowest BCUT2D eigenvalue weighted by Gasteiger charge is -2.13. The predicted octanol–water partition coefficient (Wildman–Crippen LogP) is 3.76. The van der Waals surface area contributed by atoms with E-state index < -0.39 is 5.97 Å². The van der Waals surface area contributed by atoms with Crippen LogP contribution in [0.15, 0.2) is 48.5 Å². The van der Waals surface area contributed by atoms with Crippen molar-refractivity contribution in [3.8, 4) is 23.3 Å². The summed E-state index contributed by atoms with van der Waals surface area (Å²) in [7, 11) is 0. The van der Waals surface area contributed by atoms with Gasteiger partial charge in [0, 0.05) is 6.08 Å². The Bertz CT molecular complexity index is 843. The molecule has 0 aromatic heterocycles. The Balaban J connectivity index is 1.92. The summed E-state index contributed by atoms with van der Waals surface area (Å²) >= 11 is 0. The van der Waals surface area contributed by atoms with Crippen molar-refractivity contribution in [2.24, 2.45) is 0 Å². The molecule has 2 aromatic carbocycles. The van der Waals surface area contributed by atoms with E-state index in [9.17, 15) is 9.18 Å². The second kappa shape index (κ2) is 11.2. The fourth-order valence-corrected chi connectivity index (χ4v) is 2.17. The summed E-state index contributed by atoms with van der Waals surface area (Å²) in [6.45, 7) is 2.56. The summed E-state index contributed by atoms with van der Waals surface area (Å²) in [5.74, 6) is 0.694. The lowest BCUT2D eigenvalue weighted by atomic mass is 10.2. The molecule has 0 aliphatic carbocycles. The fraction of sp³-hybridized carbons (Fsp3) is 0.238. The van der Waals surface area contributed by atoms with Crippen LogP contribution in [0, 0.1) is 17.1 Å². The largest absolute Gasteiger partial charge is 0.490 e. The Morgan fingerprint density at radius 2 is 1.82 bits per heavy atom. The van der Waals surface area contributed by atoms with E-state index in [1.165, 1.54) is 18.2 Å². The van der Waals surface area contributed by atoms with Crippen LogP contribution < -0.4 is 14.2 Å². The molecule has 28 heavy (non-hydrogen) atoms. The van der Waals surface area contributed by atoms with Gasteiger partial charge in [-0.15, -0.1) is 0 Å². The minimum atomic E-state index is -0.599. The molecule has 0 fully saturated rings. The lowest BCUT2D eigenvalue weighted by molar-refractivity contribution is -0.136. The highest BCUT2D eigenvalue weighted by molar-refractivity contribution is 5.87. The first kappa shape index (κ1) is 20.8. The van der Waals surface area contributed by atoms with Crippen LogP contribution in [0.5, 0.6) is 17.2 Å². The second-order valence-electron chi connectivity index (χ2n) is 5.39. The van der Waals surface area contributed by atoms with Crippen molar-refractivity contribution in [2.75, 3.05) is 26.4 Å². The van der Waals surface area contributed by atoms with E-state index >= 15 is 0 Å². The molecule has 0 aliphatic rings. The average molecular weight is 385 g/mol. The Labute approximate surface area is 162 Å². The summed E-state index contributed by atoms with van der Waals surface area (Å²) in [6, 6.07) is 12.7. The number of nitriles is 1. The molecule has 0 amide bonds. The highest BCUT2D eigenvalue weighted by Crippen LogP contribution is 2.29. The third-order valence-corrected chi connectivity index (χ3v) is 3.38. The maximum absolute atomic E-state index is 12.9. The van der Waals surface area contributed by atoms with Crippen molar-refractivity contribution in [2.45, 2.75) is 6.92 Å². The number of hydrogen-bond donors (Lipinski definition) is 0. The van der Waals surface area contributed by atoms with Gasteiger partial charge in [0.15, 0.2) is 18.1 Å². The number of rotatable bonds is 10. The summed E-state index contributed by atoms with van der Waals surface area (Å²) in [5.41, 5.74) is 0.715. The zero-order valence-corrected chi connectivity index (χ0v) is 15.4. The van der Waals surface area contributed by atoms with Gasteiger partial charge in [0.1, 0.15) is 30.8 Å². The average Bonchev–Trinajstić information content (AvgIpc) is 2.70. The molecule has 6 nitrogen and oxygen atoms in total. The van der Waals surface area contributed by atoms with Crippen LogP contribution >= 0.6 is 0 Å². The van der Waals surface area contributed by atoms with Crippen molar-refractivity contribution in [1.29, 1.82) is 5.26 Å². The van der Waals surface area contributed by atoms with Crippen LogP contribution in [-0.4, -0.2) is 32.4 Å². The second-order valence-corrected chi connectivity index (χ2v) is 5.39. The number of nitrogens with zero attached hydrogens (tertiary/aromatic N) is 1. The van der Waals surface area contributed by atoms with Crippen LogP contribution in [0.1, 0.15) is 12.5 Å². The molecular weight excluding hydrogens is 365 g/mol. The first-order valence-electron chi connectivity index (χ1n) is 8.62. The van der Waals surface area contributed by atoms with Crippen LogP contribution in [0.4, 0.5) is 4.39 Å². The van der Waals surface area contributed by atoms with Gasteiger partial charge in [-0.05, 0) is 55.0 Å². The van der Waals surface area contributed by atoms with E-state index in [0.29, 0.717) is 29.4 Å². The van der Waals surface area contributed by atoms with Gasteiger partial charge in [0.25, 0.3) is 0 Å². The van der Waals surface area contributed by atoms with E-state index in [2.05, 4.69) is 4.74 Å². The van der Waals surface area contributed by atoms with E-state index in [-0.39, 0.29) is 25.6 Å². The van der Waals surface area contributed by atoms with E-state index in [4.69, 9.17) is 19.5 Å². The molecule has 0 aliphatic heterocycles. The van der Waals surface area contributed by atoms with Crippen molar-refractivity contribution in [3.63, 3.8) is 0 Å². The van der Waals surface area contributed by atoms with Gasteiger partial charge in [-0.3, -0.25) is 0 Å². The smallest absolute Gasteiger partial charge is 0.331 e. The van der Waals surface area contributed by atoms with E-state index in [1.54, 1.807) is 42.5 Å². The first-order valence-corrected chi connectivity index (χ1v) is 8.62. The Morgan fingerprint density at radius 3 is 2.54 bits per heavy atom. The molecule has 0 spiro atoms. The SMILES string of the molecule is CCOc1cc(C=CC(=O)OCC#N)ccc1OCCOc1ccc(F)cc1. The third-order valence-electron chi connectivity index (χ3n) is 3.38. The zero-order chi connectivity index (χ0) is 20.2. The number of halogens is 1. The van der Waals surface area contributed by atoms with Gasteiger partial charge < -0.3 is 18.9 Å². The van der Waals surface area contributed by atoms with E-state index in [1.807, 2.05) is 6.92 Å². The van der Waals surface area contributed by atoms with E-state index in [0.717, 1.165) is 0 Å². The highest BCUT2D eigenvalue weighted by atomic mass is 19.1. The van der Waals surface area contributed by atoms with Gasteiger partial charge in [-0.1, -0.05) is 6.07 Å².